The van der Waals surface area contributed by atoms with Crippen molar-refractivity contribution in [2.24, 2.45) is 5.41 Å². The Morgan fingerprint density at radius 3 is 2.38 bits per heavy atom. The standard InChI is InChI=1S/C16H25NO4/c1-16(2,3)14(8-10-18)17-9-11-21-13-6-4-12(5-7-13)15(19)20/h4-7,14,17-18H,8-11H2,1-3H3,(H,19,20). The summed E-state index contributed by atoms with van der Waals surface area (Å²) in [6, 6.07) is 6.57. The molecule has 0 radical (unpaired) electrons. The molecule has 118 valence electrons. The minimum absolute atomic E-state index is 0.0753. The molecule has 0 aliphatic rings. The smallest absolute Gasteiger partial charge is 0.335 e. The van der Waals surface area contributed by atoms with E-state index >= 15 is 0 Å². The first-order valence-electron chi connectivity index (χ1n) is 7.15. The van der Waals surface area contributed by atoms with Gasteiger partial charge < -0.3 is 20.3 Å². The molecule has 3 N–H and O–H groups in total. The van der Waals surface area contributed by atoms with E-state index in [0.717, 1.165) is 0 Å². The van der Waals surface area contributed by atoms with Crippen LogP contribution < -0.4 is 10.1 Å². The lowest BCUT2D eigenvalue weighted by molar-refractivity contribution is 0.0697. The summed E-state index contributed by atoms with van der Waals surface area (Å²) in [5, 5.41) is 21.3. The summed E-state index contributed by atoms with van der Waals surface area (Å²) in [5.74, 6) is -0.295. The second-order valence-corrected chi connectivity index (χ2v) is 6.06. The van der Waals surface area contributed by atoms with Crippen molar-refractivity contribution in [3.63, 3.8) is 0 Å². The Labute approximate surface area is 125 Å². The van der Waals surface area contributed by atoms with Crippen molar-refractivity contribution in [3.8, 4) is 5.75 Å². The van der Waals surface area contributed by atoms with E-state index in [0.29, 0.717) is 25.3 Å². The molecule has 1 unspecified atom stereocenters. The fourth-order valence-electron chi connectivity index (χ4n) is 2.07. The van der Waals surface area contributed by atoms with Crippen LogP contribution in [0.4, 0.5) is 0 Å². The summed E-state index contributed by atoms with van der Waals surface area (Å²) < 4.78 is 5.56. The van der Waals surface area contributed by atoms with Gasteiger partial charge in [-0.25, -0.2) is 4.79 Å². The lowest BCUT2D eigenvalue weighted by Gasteiger charge is -2.31. The molecule has 0 spiro atoms. The van der Waals surface area contributed by atoms with Crippen molar-refractivity contribution in [1.82, 2.24) is 5.32 Å². The number of aliphatic hydroxyl groups is 1. The van der Waals surface area contributed by atoms with Crippen molar-refractivity contribution >= 4 is 5.97 Å². The molecule has 0 fully saturated rings. The van der Waals surface area contributed by atoms with Crippen LogP contribution in [0.5, 0.6) is 5.75 Å². The Balaban J connectivity index is 2.37. The topological polar surface area (TPSA) is 78.8 Å². The lowest BCUT2D eigenvalue weighted by atomic mass is 9.85. The summed E-state index contributed by atoms with van der Waals surface area (Å²) in [5.41, 5.74) is 0.322. The zero-order chi connectivity index (χ0) is 15.9. The number of hydrogen-bond acceptors (Lipinski definition) is 4. The van der Waals surface area contributed by atoms with Gasteiger partial charge in [-0.3, -0.25) is 0 Å². The van der Waals surface area contributed by atoms with Crippen LogP contribution in [0.2, 0.25) is 0 Å². The largest absolute Gasteiger partial charge is 0.492 e. The predicted molar refractivity (Wildman–Crippen MR) is 81.8 cm³/mol. The second-order valence-electron chi connectivity index (χ2n) is 6.06. The third kappa shape index (κ3) is 6.14. The third-order valence-corrected chi connectivity index (χ3v) is 3.33. The number of rotatable bonds is 8. The molecule has 1 aromatic carbocycles. The molecular formula is C16H25NO4. The van der Waals surface area contributed by atoms with Gasteiger partial charge in [0.15, 0.2) is 0 Å². The van der Waals surface area contributed by atoms with Gasteiger partial charge in [-0.05, 0) is 36.1 Å². The fourth-order valence-corrected chi connectivity index (χ4v) is 2.07. The zero-order valence-electron chi connectivity index (χ0n) is 12.9. The summed E-state index contributed by atoms with van der Waals surface area (Å²) in [6.07, 6.45) is 0.705. The lowest BCUT2D eigenvalue weighted by Crippen LogP contribution is -2.42. The molecule has 0 aromatic heterocycles. The van der Waals surface area contributed by atoms with Gasteiger partial charge in [0, 0.05) is 19.2 Å². The van der Waals surface area contributed by atoms with Gasteiger partial charge in [0.05, 0.1) is 5.56 Å². The molecule has 1 atom stereocenters. The normalized spacial score (nSPS) is 13.0. The van der Waals surface area contributed by atoms with Gasteiger partial charge in [0.25, 0.3) is 0 Å². The molecule has 0 aliphatic heterocycles. The van der Waals surface area contributed by atoms with Crippen molar-refractivity contribution in [2.75, 3.05) is 19.8 Å². The van der Waals surface area contributed by atoms with Crippen molar-refractivity contribution in [3.05, 3.63) is 29.8 Å². The summed E-state index contributed by atoms with van der Waals surface area (Å²) in [4.78, 5) is 10.7. The number of nitrogens with one attached hydrogen (secondary N) is 1. The van der Waals surface area contributed by atoms with E-state index < -0.39 is 5.97 Å². The fraction of sp³-hybridized carbons (Fsp3) is 0.562. The Kier molecular flexibility index (Phi) is 6.65. The minimum atomic E-state index is -0.944. The highest BCUT2D eigenvalue weighted by atomic mass is 16.5. The third-order valence-electron chi connectivity index (χ3n) is 3.33. The van der Waals surface area contributed by atoms with Gasteiger partial charge in [0.1, 0.15) is 12.4 Å². The van der Waals surface area contributed by atoms with E-state index in [-0.39, 0.29) is 23.6 Å². The number of aromatic carboxylic acids is 1. The van der Waals surface area contributed by atoms with Crippen molar-refractivity contribution in [2.45, 2.75) is 33.2 Å². The molecule has 1 aromatic rings. The average Bonchev–Trinajstić information content (AvgIpc) is 2.41. The first kappa shape index (κ1) is 17.5. The van der Waals surface area contributed by atoms with Gasteiger partial charge in [-0.15, -0.1) is 0 Å². The van der Waals surface area contributed by atoms with Crippen LogP contribution in [0.3, 0.4) is 0 Å². The van der Waals surface area contributed by atoms with Crippen LogP contribution >= 0.6 is 0 Å². The van der Waals surface area contributed by atoms with Crippen LogP contribution in [0, 0.1) is 5.41 Å². The molecule has 1 rings (SSSR count). The van der Waals surface area contributed by atoms with Crippen molar-refractivity contribution < 1.29 is 19.7 Å². The molecular weight excluding hydrogens is 270 g/mol. The SMILES string of the molecule is CC(C)(C)C(CCO)NCCOc1ccc(C(=O)O)cc1. The van der Waals surface area contributed by atoms with Crippen LogP contribution in [0.25, 0.3) is 0 Å². The maximum Gasteiger partial charge on any atom is 0.335 e. The van der Waals surface area contributed by atoms with Crippen LogP contribution in [0.1, 0.15) is 37.6 Å². The molecule has 0 saturated heterocycles. The first-order chi connectivity index (χ1) is 9.84. The molecule has 5 nitrogen and oxygen atoms in total. The van der Waals surface area contributed by atoms with E-state index in [1.165, 1.54) is 12.1 Å². The molecule has 5 heteroatoms. The molecule has 0 amide bonds. The van der Waals surface area contributed by atoms with Gasteiger partial charge in [-0.2, -0.15) is 0 Å². The highest BCUT2D eigenvalue weighted by Gasteiger charge is 2.23. The number of benzene rings is 1. The monoisotopic (exact) mass is 295 g/mol. The minimum Gasteiger partial charge on any atom is -0.492 e. The number of hydrogen-bond donors (Lipinski definition) is 3. The van der Waals surface area contributed by atoms with Crippen molar-refractivity contribution in [1.29, 1.82) is 0 Å². The van der Waals surface area contributed by atoms with E-state index in [2.05, 4.69) is 26.1 Å². The molecule has 0 saturated carbocycles. The van der Waals surface area contributed by atoms with E-state index in [9.17, 15) is 4.79 Å². The number of ether oxygens (including phenoxy) is 1. The Bertz CT molecular complexity index is 437. The molecule has 0 aliphatic carbocycles. The molecule has 0 bridgehead atoms. The Hall–Kier alpha value is -1.59. The summed E-state index contributed by atoms with van der Waals surface area (Å²) in [7, 11) is 0. The number of aliphatic hydroxyl groups excluding tert-OH is 1. The van der Waals surface area contributed by atoms with Crippen LogP contribution in [-0.4, -0.2) is 42.0 Å². The maximum atomic E-state index is 10.7. The van der Waals surface area contributed by atoms with Gasteiger partial charge in [-0.1, -0.05) is 20.8 Å². The van der Waals surface area contributed by atoms with Crippen LogP contribution in [0.15, 0.2) is 24.3 Å². The molecule has 21 heavy (non-hydrogen) atoms. The van der Waals surface area contributed by atoms with Gasteiger partial charge in [0.2, 0.25) is 0 Å². The first-order valence-corrected chi connectivity index (χ1v) is 7.15. The quantitative estimate of drug-likeness (QED) is 0.640. The number of carboxylic acids is 1. The second kappa shape index (κ2) is 8.00. The predicted octanol–water partition coefficient (Wildman–Crippen LogP) is 2.15. The highest BCUT2D eigenvalue weighted by Crippen LogP contribution is 2.21. The summed E-state index contributed by atoms with van der Waals surface area (Å²) >= 11 is 0. The zero-order valence-corrected chi connectivity index (χ0v) is 12.9. The van der Waals surface area contributed by atoms with E-state index in [1.807, 2.05) is 0 Å². The Morgan fingerprint density at radius 2 is 1.90 bits per heavy atom. The van der Waals surface area contributed by atoms with Crippen LogP contribution in [-0.2, 0) is 0 Å². The summed E-state index contributed by atoms with van der Waals surface area (Å²) in [6.45, 7) is 7.71. The molecule has 0 heterocycles. The highest BCUT2D eigenvalue weighted by molar-refractivity contribution is 5.87. The van der Waals surface area contributed by atoms with E-state index in [4.69, 9.17) is 14.9 Å². The number of carbonyl (C=O) groups is 1. The van der Waals surface area contributed by atoms with Gasteiger partial charge >= 0.3 is 5.97 Å². The number of carboxylic acid groups (broad SMARTS) is 1. The Morgan fingerprint density at radius 1 is 1.29 bits per heavy atom. The average molecular weight is 295 g/mol. The van der Waals surface area contributed by atoms with E-state index in [1.54, 1.807) is 12.1 Å². The maximum absolute atomic E-state index is 10.7.